The summed E-state index contributed by atoms with van der Waals surface area (Å²) in [6.45, 7) is 3.12. The zero-order chi connectivity index (χ0) is 18.9. The molecule has 3 aromatic rings. The van der Waals surface area contributed by atoms with Gasteiger partial charge in [-0.15, -0.1) is 21.5 Å². The van der Waals surface area contributed by atoms with Crippen LogP contribution < -0.4 is 0 Å². The van der Waals surface area contributed by atoms with Crippen LogP contribution in [0.1, 0.15) is 30.9 Å². The molecule has 1 aliphatic rings. The van der Waals surface area contributed by atoms with Gasteiger partial charge in [0, 0.05) is 19.3 Å². The van der Waals surface area contributed by atoms with Gasteiger partial charge in [-0.25, -0.2) is 13.4 Å². The number of hydrogen-bond donors (Lipinski definition) is 0. The number of hydrogen-bond acceptors (Lipinski definition) is 8. The summed E-state index contributed by atoms with van der Waals surface area (Å²) in [7, 11) is -3.44. The van der Waals surface area contributed by atoms with Crippen LogP contribution in [0.15, 0.2) is 50.2 Å². The van der Waals surface area contributed by atoms with Gasteiger partial charge in [-0.3, -0.25) is 0 Å². The van der Waals surface area contributed by atoms with Crippen LogP contribution in [0.4, 0.5) is 0 Å². The van der Waals surface area contributed by atoms with Gasteiger partial charge in [0.2, 0.25) is 15.9 Å². The molecule has 0 aliphatic carbocycles. The maximum atomic E-state index is 12.6. The van der Waals surface area contributed by atoms with E-state index in [2.05, 4.69) is 15.2 Å². The Morgan fingerprint density at radius 3 is 2.70 bits per heavy atom. The first-order valence-corrected chi connectivity index (χ1v) is 11.7. The third-order valence-corrected chi connectivity index (χ3v) is 8.01. The standard InChI is InChI=1S/C17H18N4O3S3/c1-12(16-19-20-17(24-16)14-5-4-10-25-14)26-15-7-6-13(11-18-15)27(22,23)21-8-2-3-9-21/h4-7,10-12H,2-3,8-9H2,1H3/t12-/m0/s1. The molecular formula is C17H18N4O3S3. The first kappa shape index (κ1) is 18.6. The molecule has 7 nitrogen and oxygen atoms in total. The van der Waals surface area contributed by atoms with E-state index in [0.717, 1.165) is 17.7 Å². The van der Waals surface area contributed by atoms with Crippen molar-refractivity contribution in [1.82, 2.24) is 19.5 Å². The minimum Gasteiger partial charge on any atom is -0.419 e. The summed E-state index contributed by atoms with van der Waals surface area (Å²) in [5.74, 6) is 1.02. The first-order valence-electron chi connectivity index (χ1n) is 8.54. The van der Waals surface area contributed by atoms with Gasteiger partial charge >= 0.3 is 0 Å². The molecule has 1 saturated heterocycles. The molecular weight excluding hydrogens is 404 g/mol. The van der Waals surface area contributed by atoms with Crippen LogP contribution in [0.5, 0.6) is 0 Å². The predicted molar refractivity (Wildman–Crippen MR) is 104 cm³/mol. The van der Waals surface area contributed by atoms with E-state index >= 15 is 0 Å². The normalized spacial score (nSPS) is 16.6. The number of sulfonamides is 1. The molecule has 4 heterocycles. The molecule has 0 amide bonds. The fraction of sp³-hybridized carbons (Fsp3) is 0.353. The van der Waals surface area contributed by atoms with Crippen molar-refractivity contribution in [3.05, 3.63) is 41.7 Å². The van der Waals surface area contributed by atoms with Crippen LogP contribution in [0, 0.1) is 0 Å². The fourth-order valence-corrected chi connectivity index (χ4v) is 5.72. The first-order chi connectivity index (χ1) is 13.0. The molecule has 0 saturated carbocycles. The van der Waals surface area contributed by atoms with E-state index in [0.29, 0.717) is 29.9 Å². The SMILES string of the molecule is C[C@H](Sc1ccc(S(=O)(=O)N2CCCC2)cn1)c1nnc(-c2cccs2)o1. The molecule has 1 aliphatic heterocycles. The van der Waals surface area contributed by atoms with Crippen LogP contribution in [0.25, 0.3) is 10.8 Å². The highest BCUT2D eigenvalue weighted by atomic mass is 32.2. The zero-order valence-corrected chi connectivity index (χ0v) is 17.1. The van der Waals surface area contributed by atoms with Crippen molar-refractivity contribution in [2.45, 2.75) is 34.9 Å². The molecule has 142 valence electrons. The van der Waals surface area contributed by atoms with Crippen LogP contribution in [-0.2, 0) is 10.0 Å². The van der Waals surface area contributed by atoms with E-state index in [1.165, 1.54) is 22.3 Å². The molecule has 0 bridgehead atoms. The Morgan fingerprint density at radius 1 is 1.22 bits per heavy atom. The van der Waals surface area contributed by atoms with Gasteiger partial charge in [0.05, 0.1) is 15.2 Å². The third-order valence-electron chi connectivity index (χ3n) is 4.23. The van der Waals surface area contributed by atoms with Crippen molar-refractivity contribution < 1.29 is 12.8 Å². The van der Waals surface area contributed by atoms with Crippen LogP contribution in [0.3, 0.4) is 0 Å². The molecule has 0 N–H and O–H groups in total. The van der Waals surface area contributed by atoms with Crippen molar-refractivity contribution in [1.29, 1.82) is 0 Å². The number of rotatable bonds is 6. The maximum Gasteiger partial charge on any atom is 0.257 e. The largest absolute Gasteiger partial charge is 0.419 e. The van der Waals surface area contributed by atoms with Gasteiger partial charge in [0.1, 0.15) is 4.90 Å². The summed E-state index contributed by atoms with van der Waals surface area (Å²) in [5, 5.41) is 10.8. The molecule has 0 radical (unpaired) electrons. The monoisotopic (exact) mass is 422 g/mol. The number of aromatic nitrogens is 3. The van der Waals surface area contributed by atoms with Gasteiger partial charge in [-0.1, -0.05) is 17.8 Å². The van der Waals surface area contributed by atoms with Crippen LogP contribution >= 0.6 is 23.1 Å². The Kier molecular flexibility index (Phi) is 5.31. The van der Waals surface area contributed by atoms with Crippen molar-refractivity contribution in [3.63, 3.8) is 0 Å². The zero-order valence-electron chi connectivity index (χ0n) is 14.6. The van der Waals surface area contributed by atoms with Crippen molar-refractivity contribution >= 4 is 33.1 Å². The molecule has 1 fully saturated rings. The quantitative estimate of drug-likeness (QED) is 0.558. The lowest BCUT2D eigenvalue weighted by molar-refractivity contribution is 0.477. The molecule has 27 heavy (non-hydrogen) atoms. The minimum atomic E-state index is -3.44. The van der Waals surface area contributed by atoms with E-state index in [1.54, 1.807) is 23.5 Å². The molecule has 3 aromatic heterocycles. The van der Waals surface area contributed by atoms with E-state index in [-0.39, 0.29) is 10.1 Å². The Bertz CT molecular complexity index is 994. The molecule has 0 unspecified atom stereocenters. The van der Waals surface area contributed by atoms with Gasteiger partial charge in [0.15, 0.2) is 0 Å². The Morgan fingerprint density at radius 2 is 2.04 bits per heavy atom. The number of thiophene rings is 1. The highest BCUT2D eigenvalue weighted by Crippen LogP contribution is 2.35. The topological polar surface area (TPSA) is 89.2 Å². The summed E-state index contributed by atoms with van der Waals surface area (Å²) < 4.78 is 32.4. The Hall–Kier alpha value is -1.75. The van der Waals surface area contributed by atoms with Crippen LogP contribution in [0.2, 0.25) is 0 Å². The smallest absolute Gasteiger partial charge is 0.257 e. The molecule has 0 aromatic carbocycles. The lowest BCUT2D eigenvalue weighted by Gasteiger charge is -2.15. The number of nitrogens with zero attached hydrogens (tertiary/aromatic N) is 4. The van der Waals surface area contributed by atoms with Crippen molar-refractivity contribution in [3.8, 4) is 10.8 Å². The summed E-state index contributed by atoms with van der Waals surface area (Å²) in [6.07, 6.45) is 3.25. The van der Waals surface area contributed by atoms with Crippen LogP contribution in [-0.4, -0.2) is 41.0 Å². The highest BCUT2D eigenvalue weighted by molar-refractivity contribution is 7.99. The van der Waals surface area contributed by atoms with E-state index in [4.69, 9.17) is 4.42 Å². The van der Waals surface area contributed by atoms with Crippen molar-refractivity contribution in [2.24, 2.45) is 0 Å². The Labute approximate surface area is 165 Å². The van der Waals surface area contributed by atoms with Gasteiger partial charge in [0.25, 0.3) is 5.89 Å². The van der Waals surface area contributed by atoms with Gasteiger partial charge < -0.3 is 4.42 Å². The van der Waals surface area contributed by atoms with Gasteiger partial charge in [-0.2, -0.15) is 4.31 Å². The molecule has 0 spiro atoms. The minimum absolute atomic E-state index is 0.0975. The lowest BCUT2D eigenvalue weighted by Crippen LogP contribution is -2.27. The third kappa shape index (κ3) is 3.93. The summed E-state index contributed by atoms with van der Waals surface area (Å²) in [5.41, 5.74) is 0. The average molecular weight is 423 g/mol. The second kappa shape index (κ2) is 7.70. The number of pyridine rings is 1. The average Bonchev–Trinajstić information content (AvgIpc) is 3.44. The van der Waals surface area contributed by atoms with Gasteiger partial charge in [-0.05, 0) is 43.3 Å². The predicted octanol–water partition coefficient (Wildman–Crippen LogP) is 3.83. The molecule has 1 atom stereocenters. The fourth-order valence-electron chi connectivity index (χ4n) is 2.80. The van der Waals surface area contributed by atoms with Crippen molar-refractivity contribution in [2.75, 3.05) is 13.1 Å². The second-order valence-corrected chi connectivity index (χ2v) is 10.4. The second-order valence-electron chi connectivity index (χ2n) is 6.13. The lowest BCUT2D eigenvalue weighted by atomic mass is 10.4. The maximum absolute atomic E-state index is 12.6. The van der Waals surface area contributed by atoms with E-state index in [1.807, 2.05) is 24.4 Å². The Balaban J connectivity index is 1.45. The summed E-state index contributed by atoms with van der Waals surface area (Å²) in [4.78, 5) is 5.47. The highest BCUT2D eigenvalue weighted by Gasteiger charge is 2.27. The summed E-state index contributed by atoms with van der Waals surface area (Å²) >= 11 is 2.99. The molecule has 10 heteroatoms. The van der Waals surface area contributed by atoms with E-state index < -0.39 is 10.0 Å². The molecule has 4 rings (SSSR count). The number of thioether (sulfide) groups is 1. The summed E-state index contributed by atoms with van der Waals surface area (Å²) in [6, 6.07) is 7.20. The van der Waals surface area contributed by atoms with E-state index in [9.17, 15) is 8.42 Å².